The number of hydrogen-bond donors (Lipinski definition) is 3. The molecule has 10 nitrogen and oxygen atoms in total. The van der Waals surface area contributed by atoms with Crippen molar-refractivity contribution in [3.8, 4) is 0 Å². The number of aliphatic hydroxyl groups is 1. The van der Waals surface area contributed by atoms with Crippen LogP contribution < -0.4 is 20.4 Å². The van der Waals surface area contributed by atoms with E-state index in [2.05, 4.69) is 10.6 Å². The molecule has 0 fully saturated rings. The average Bonchev–Trinajstić information content (AvgIpc) is 2.94. The van der Waals surface area contributed by atoms with Crippen LogP contribution in [0.5, 0.6) is 0 Å². The number of likely N-dealkylation sites (N-methyl/N-ethyl adjacent to an activating group) is 1. The predicted octanol–water partition coefficient (Wildman–Crippen LogP) is 3.73. The third kappa shape index (κ3) is 7.89. The van der Waals surface area contributed by atoms with E-state index in [9.17, 15) is 24.3 Å². The Morgan fingerprint density at radius 3 is 2.31 bits per heavy atom. The summed E-state index contributed by atoms with van der Waals surface area (Å²) in [5.41, 5.74) is 1.98. The van der Waals surface area contributed by atoms with E-state index < -0.39 is 36.5 Å². The summed E-state index contributed by atoms with van der Waals surface area (Å²) in [6.45, 7) is 2.56. The van der Waals surface area contributed by atoms with Crippen molar-refractivity contribution in [2.24, 2.45) is 0 Å². The molecule has 204 valence electrons. The van der Waals surface area contributed by atoms with E-state index in [4.69, 9.17) is 4.74 Å². The number of urea groups is 1. The van der Waals surface area contributed by atoms with Gasteiger partial charge in [0.1, 0.15) is 6.54 Å². The minimum Gasteiger partial charge on any atom is -0.462 e. The predicted molar refractivity (Wildman–Crippen MR) is 149 cm³/mol. The highest BCUT2D eigenvalue weighted by Gasteiger charge is 2.26. The highest BCUT2D eigenvalue weighted by molar-refractivity contribution is 6.08. The van der Waals surface area contributed by atoms with Gasteiger partial charge in [-0.05, 0) is 55.8 Å². The lowest BCUT2D eigenvalue weighted by atomic mass is 10.1. The Balaban J connectivity index is 1.81. The molecule has 0 saturated carbocycles. The van der Waals surface area contributed by atoms with Gasteiger partial charge in [0.2, 0.25) is 11.8 Å². The van der Waals surface area contributed by atoms with Crippen LogP contribution in [0, 0.1) is 0 Å². The lowest BCUT2D eigenvalue weighted by Crippen LogP contribution is -2.47. The Morgan fingerprint density at radius 2 is 1.62 bits per heavy atom. The molecular weight excluding hydrogens is 500 g/mol. The lowest BCUT2D eigenvalue weighted by molar-refractivity contribution is -0.121. The normalized spacial score (nSPS) is 11.2. The summed E-state index contributed by atoms with van der Waals surface area (Å²) >= 11 is 0. The molecule has 3 N–H and O–H groups in total. The van der Waals surface area contributed by atoms with Crippen molar-refractivity contribution in [3.63, 3.8) is 0 Å². The molecular formula is C29H32N4O6. The van der Waals surface area contributed by atoms with Gasteiger partial charge in [-0.15, -0.1) is 0 Å². The molecule has 0 aliphatic carbocycles. The van der Waals surface area contributed by atoms with Gasteiger partial charge in [0.25, 0.3) is 0 Å². The molecule has 0 saturated heterocycles. The maximum atomic E-state index is 13.4. The van der Waals surface area contributed by atoms with Gasteiger partial charge < -0.3 is 30.3 Å². The highest BCUT2D eigenvalue weighted by atomic mass is 16.5. The van der Waals surface area contributed by atoms with E-state index in [-0.39, 0.29) is 24.4 Å². The number of aliphatic hydroxyl groups excluding tert-OH is 1. The van der Waals surface area contributed by atoms with Gasteiger partial charge in [-0.1, -0.05) is 42.5 Å². The summed E-state index contributed by atoms with van der Waals surface area (Å²) in [4.78, 5) is 54.3. The number of rotatable bonds is 10. The van der Waals surface area contributed by atoms with Crippen molar-refractivity contribution in [2.45, 2.75) is 20.0 Å². The number of hydrogen-bond acceptors (Lipinski definition) is 6. The second-order valence-electron chi connectivity index (χ2n) is 8.61. The monoisotopic (exact) mass is 532 g/mol. The molecule has 10 heteroatoms. The third-order valence-electron chi connectivity index (χ3n) is 5.83. The fraction of sp³-hybridized carbons (Fsp3) is 0.241. The smallest absolute Gasteiger partial charge is 0.340 e. The minimum absolute atomic E-state index is 0.113. The molecule has 1 atom stereocenters. The number of benzene rings is 3. The minimum atomic E-state index is -0.712. The van der Waals surface area contributed by atoms with E-state index in [1.54, 1.807) is 87.6 Å². The fourth-order valence-electron chi connectivity index (χ4n) is 3.74. The number of nitrogens with zero attached hydrogens (tertiary/aromatic N) is 2. The lowest BCUT2D eigenvalue weighted by Gasteiger charge is -2.27. The van der Waals surface area contributed by atoms with Crippen LogP contribution in [0.15, 0.2) is 78.9 Å². The average molecular weight is 533 g/mol. The Labute approximate surface area is 227 Å². The maximum absolute atomic E-state index is 13.4. The highest BCUT2D eigenvalue weighted by Crippen LogP contribution is 2.23. The molecule has 0 aliphatic rings. The molecule has 0 heterocycles. The van der Waals surface area contributed by atoms with Crippen LogP contribution in [0.2, 0.25) is 0 Å². The zero-order valence-corrected chi connectivity index (χ0v) is 22.1. The van der Waals surface area contributed by atoms with Crippen molar-refractivity contribution in [1.29, 1.82) is 0 Å². The topological polar surface area (TPSA) is 128 Å². The number of ether oxygens (including phenoxy) is 1. The number of esters is 1. The molecule has 4 amide bonds. The third-order valence-corrected chi connectivity index (χ3v) is 5.83. The fourth-order valence-corrected chi connectivity index (χ4v) is 3.74. The molecule has 3 aromatic rings. The quantitative estimate of drug-likeness (QED) is 0.341. The first-order valence-electron chi connectivity index (χ1n) is 12.4. The number of para-hydroxylation sites is 2. The van der Waals surface area contributed by atoms with Gasteiger partial charge in [-0.25, -0.2) is 9.59 Å². The van der Waals surface area contributed by atoms with Crippen LogP contribution in [0.1, 0.15) is 35.9 Å². The standard InChI is InChI=1S/C29H32N4O6/c1-4-39-28(37)24-15-8-9-16-25(24)33(19-27(36)32(3)23-13-6-5-7-14-23)26(35)18-30-29(38)31-22-12-10-11-21(17-22)20(2)34/h5-17,20,34H,4,18-19H2,1-3H3,(H2,30,31,38). The van der Waals surface area contributed by atoms with E-state index in [1.165, 1.54) is 11.0 Å². The van der Waals surface area contributed by atoms with Crippen LogP contribution in [-0.4, -0.2) is 55.7 Å². The summed E-state index contributed by atoms with van der Waals surface area (Å²) in [6.07, 6.45) is -0.712. The van der Waals surface area contributed by atoms with E-state index >= 15 is 0 Å². The largest absolute Gasteiger partial charge is 0.462 e. The van der Waals surface area contributed by atoms with Crippen molar-refractivity contribution in [1.82, 2.24) is 5.32 Å². The van der Waals surface area contributed by atoms with Crippen LogP contribution >= 0.6 is 0 Å². The SMILES string of the molecule is CCOC(=O)c1ccccc1N(CC(=O)N(C)c1ccccc1)C(=O)CNC(=O)Nc1cccc(C(C)O)c1. The number of carbonyl (C=O) groups is 4. The molecule has 0 aromatic heterocycles. The van der Waals surface area contributed by atoms with Crippen LogP contribution in [-0.2, 0) is 14.3 Å². The second kappa shape index (κ2) is 13.7. The van der Waals surface area contributed by atoms with Gasteiger partial charge in [0, 0.05) is 18.4 Å². The first-order valence-corrected chi connectivity index (χ1v) is 12.4. The van der Waals surface area contributed by atoms with Gasteiger partial charge in [-0.2, -0.15) is 0 Å². The zero-order valence-electron chi connectivity index (χ0n) is 22.1. The molecule has 0 spiro atoms. The van der Waals surface area contributed by atoms with Crippen LogP contribution in [0.25, 0.3) is 0 Å². The van der Waals surface area contributed by atoms with E-state index in [1.807, 2.05) is 6.07 Å². The molecule has 0 bridgehead atoms. The maximum Gasteiger partial charge on any atom is 0.340 e. The molecule has 39 heavy (non-hydrogen) atoms. The summed E-state index contributed by atoms with van der Waals surface area (Å²) < 4.78 is 5.14. The van der Waals surface area contributed by atoms with Gasteiger partial charge in [-0.3, -0.25) is 9.59 Å². The Morgan fingerprint density at radius 1 is 0.923 bits per heavy atom. The number of amides is 4. The summed E-state index contributed by atoms with van der Waals surface area (Å²) in [5.74, 6) is -1.67. The summed E-state index contributed by atoms with van der Waals surface area (Å²) in [7, 11) is 1.59. The summed E-state index contributed by atoms with van der Waals surface area (Å²) in [6, 6.07) is 21.3. The number of carbonyl (C=O) groups excluding carboxylic acids is 4. The Hall–Kier alpha value is -4.70. The first-order chi connectivity index (χ1) is 18.7. The van der Waals surface area contributed by atoms with Gasteiger partial charge in [0.05, 0.1) is 30.5 Å². The number of nitrogens with one attached hydrogen (secondary N) is 2. The second-order valence-corrected chi connectivity index (χ2v) is 8.61. The van der Waals surface area contributed by atoms with Crippen molar-refractivity contribution >= 4 is 40.9 Å². The van der Waals surface area contributed by atoms with E-state index in [0.717, 1.165) is 4.90 Å². The molecule has 1 unspecified atom stereocenters. The first kappa shape index (κ1) is 28.9. The zero-order chi connectivity index (χ0) is 28.4. The van der Waals surface area contributed by atoms with Crippen molar-refractivity contribution in [3.05, 3.63) is 90.0 Å². The molecule has 3 rings (SSSR count). The number of anilines is 3. The van der Waals surface area contributed by atoms with Crippen LogP contribution in [0.4, 0.5) is 21.9 Å². The van der Waals surface area contributed by atoms with E-state index in [0.29, 0.717) is 16.9 Å². The van der Waals surface area contributed by atoms with Crippen LogP contribution in [0.3, 0.4) is 0 Å². The molecule has 0 aliphatic heterocycles. The van der Waals surface area contributed by atoms with Gasteiger partial charge >= 0.3 is 12.0 Å². The Bertz CT molecular complexity index is 1310. The molecule has 3 aromatic carbocycles. The Kier molecular flexibility index (Phi) is 10.2. The molecule has 0 radical (unpaired) electrons. The van der Waals surface area contributed by atoms with Gasteiger partial charge in [0.15, 0.2) is 0 Å². The summed E-state index contributed by atoms with van der Waals surface area (Å²) in [5, 5.41) is 14.9. The van der Waals surface area contributed by atoms with Crippen molar-refractivity contribution in [2.75, 3.05) is 41.9 Å². The van der Waals surface area contributed by atoms with Crippen molar-refractivity contribution < 1.29 is 29.0 Å².